The molecule has 1 aromatic carbocycles. The molecule has 2 N–H and O–H groups in total. The maximum atomic E-state index is 11.4. The average molecular weight is 203 g/mol. The van der Waals surface area contributed by atoms with Crippen LogP contribution in [0.2, 0.25) is 0 Å². The first-order valence-corrected chi connectivity index (χ1v) is 4.74. The lowest BCUT2D eigenvalue weighted by molar-refractivity contribution is -0.131. The Hall–Kier alpha value is -1.84. The van der Waals surface area contributed by atoms with Crippen molar-refractivity contribution in [1.29, 1.82) is 0 Å². The number of hydrogen-bond acceptors (Lipinski definition) is 2. The van der Waals surface area contributed by atoms with E-state index >= 15 is 0 Å². The van der Waals surface area contributed by atoms with Gasteiger partial charge in [-0.1, -0.05) is 30.3 Å². The summed E-state index contributed by atoms with van der Waals surface area (Å²) >= 11 is 0. The minimum absolute atomic E-state index is 0.168. The number of nitrogens with one attached hydrogen (secondary N) is 2. The molecule has 2 rings (SSSR count). The van der Waals surface area contributed by atoms with E-state index < -0.39 is 6.04 Å². The van der Waals surface area contributed by atoms with Crippen LogP contribution < -0.4 is 10.6 Å². The van der Waals surface area contributed by atoms with Gasteiger partial charge in [-0.25, -0.2) is 0 Å². The van der Waals surface area contributed by atoms with Crippen LogP contribution >= 0.6 is 0 Å². The molecule has 1 fully saturated rings. The molecule has 0 bridgehead atoms. The Bertz CT molecular complexity index is 375. The van der Waals surface area contributed by atoms with E-state index in [2.05, 4.69) is 10.6 Å². The highest BCUT2D eigenvalue weighted by Crippen LogP contribution is 2.05. The van der Waals surface area contributed by atoms with Crippen molar-refractivity contribution in [2.75, 3.05) is 0 Å². The number of rotatable bonds is 2. The Morgan fingerprint density at radius 2 is 1.87 bits per heavy atom. The van der Waals surface area contributed by atoms with Crippen LogP contribution in [-0.2, 0) is 16.0 Å². The minimum Gasteiger partial charge on any atom is -0.342 e. The quantitative estimate of drug-likeness (QED) is 0.711. The van der Waals surface area contributed by atoms with Crippen LogP contribution in [0.25, 0.3) is 0 Å². The Labute approximate surface area is 87.7 Å². The van der Waals surface area contributed by atoms with Gasteiger partial charge in [0.05, 0.1) is 0 Å². The first kappa shape index (κ1) is 9.71. The van der Waals surface area contributed by atoms with E-state index in [0.717, 1.165) is 12.1 Å². The summed E-state index contributed by atoms with van der Waals surface area (Å²) in [4.78, 5) is 22.4. The van der Waals surface area contributed by atoms with Crippen LogP contribution in [0.15, 0.2) is 30.3 Å². The Morgan fingerprint density at radius 3 is 2.60 bits per heavy atom. The molecule has 0 saturated carbocycles. The molecule has 1 aliphatic rings. The second kappa shape index (κ2) is 4.13. The third-order valence-corrected chi connectivity index (χ3v) is 2.26. The molecule has 15 heavy (non-hydrogen) atoms. The van der Waals surface area contributed by atoms with Crippen LogP contribution in [0.1, 0.15) is 5.56 Å². The van der Waals surface area contributed by atoms with Gasteiger partial charge in [0.2, 0.25) is 11.8 Å². The Balaban J connectivity index is 2.05. The van der Waals surface area contributed by atoms with Gasteiger partial charge < -0.3 is 10.6 Å². The second-order valence-corrected chi connectivity index (χ2v) is 3.40. The summed E-state index contributed by atoms with van der Waals surface area (Å²) in [6.45, 7) is 1.14. The van der Waals surface area contributed by atoms with Gasteiger partial charge in [0.15, 0.2) is 0 Å². The number of carbonyl (C=O) groups excluding carboxylic acids is 2. The van der Waals surface area contributed by atoms with Gasteiger partial charge in [0, 0.05) is 6.42 Å². The van der Waals surface area contributed by atoms with Gasteiger partial charge in [0.1, 0.15) is 12.6 Å². The van der Waals surface area contributed by atoms with Crippen molar-refractivity contribution in [1.82, 2.24) is 10.6 Å². The highest BCUT2D eigenvalue weighted by molar-refractivity contribution is 5.98. The maximum Gasteiger partial charge on any atom is 0.245 e. The van der Waals surface area contributed by atoms with Crippen LogP contribution in [-0.4, -0.2) is 17.9 Å². The van der Waals surface area contributed by atoms with Crippen molar-refractivity contribution >= 4 is 11.8 Å². The molecule has 0 spiro atoms. The van der Waals surface area contributed by atoms with Gasteiger partial charge in [0.25, 0.3) is 0 Å². The highest BCUT2D eigenvalue weighted by Gasteiger charge is 2.25. The first-order valence-electron chi connectivity index (χ1n) is 4.74. The molecule has 4 heteroatoms. The van der Waals surface area contributed by atoms with Crippen LogP contribution in [0, 0.1) is 6.54 Å². The predicted octanol–water partition coefficient (Wildman–Crippen LogP) is 0.00549. The molecule has 1 radical (unpaired) electrons. The van der Waals surface area contributed by atoms with Crippen LogP contribution in [0.5, 0.6) is 0 Å². The fraction of sp³-hybridized carbons (Fsp3) is 0.182. The summed E-state index contributed by atoms with van der Waals surface area (Å²) in [6, 6.07) is 9.12. The van der Waals surface area contributed by atoms with E-state index in [9.17, 15) is 9.59 Å². The standard InChI is InChI=1S/C11H11N2O2/c14-10-7-12-11(15)9(13-10)6-8-4-2-1-3-5-8/h1-5,7,9H,6H2,(H,12,15)(H,13,14). The van der Waals surface area contributed by atoms with E-state index in [4.69, 9.17) is 0 Å². The van der Waals surface area contributed by atoms with E-state index in [-0.39, 0.29) is 11.8 Å². The van der Waals surface area contributed by atoms with Crippen LogP contribution in [0.3, 0.4) is 0 Å². The summed E-state index contributed by atoms with van der Waals surface area (Å²) in [6.07, 6.45) is 0.520. The molecule has 1 saturated heterocycles. The first-order chi connectivity index (χ1) is 7.25. The van der Waals surface area contributed by atoms with Crippen LogP contribution in [0.4, 0.5) is 0 Å². The van der Waals surface area contributed by atoms with Gasteiger partial charge in [-0.3, -0.25) is 9.59 Å². The van der Waals surface area contributed by atoms with Crippen molar-refractivity contribution in [3.8, 4) is 0 Å². The molecular formula is C11H11N2O2. The van der Waals surface area contributed by atoms with Crippen molar-refractivity contribution in [3.05, 3.63) is 42.4 Å². The molecule has 0 aliphatic carbocycles. The number of benzene rings is 1. The Morgan fingerprint density at radius 1 is 1.13 bits per heavy atom. The Kier molecular flexibility index (Phi) is 2.67. The van der Waals surface area contributed by atoms with Gasteiger partial charge in [-0.15, -0.1) is 0 Å². The van der Waals surface area contributed by atoms with E-state index in [0.29, 0.717) is 6.42 Å². The monoisotopic (exact) mass is 203 g/mol. The summed E-state index contributed by atoms with van der Waals surface area (Å²) < 4.78 is 0. The topological polar surface area (TPSA) is 58.2 Å². The largest absolute Gasteiger partial charge is 0.342 e. The zero-order chi connectivity index (χ0) is 10.7. The van der Waals surface area contributed by atoms with E-state index in [1.807, 2.05) is 30.3 Å². The molecular weight excluding hydrogens is 192 g/mol. The van der Waals surface area contributed by atoms with Crippen molar-refractivity contribution in [2.45, 2.75) is 12.5 Å². The van der Waals surface area contributed by atoms with E-state index in [1.54, 1.807) is 0 Å². The predicted molar refractivity (Wildman–Crippen MR) is 54.5 cm³/mol. The van der Waals surface area contributed by atoms with Gasteiger partial charge in [-0.05, 0) is 5.56 Å². The molecule has 0 aromatic heterocycles. The lowest BCUT2D eigenvalue weighted by atomic mass is 10.0. The second-order valence-electron chi connectivity index (χ2n) is 3.40. The number of hydrogen-bond donors (Lipinski definition) is 2. The summed E-state index contributed by atoms with van der Waals surface area (Å²) in [7, 11) is 0. The summed E-state index contributed by atoms with van der Waals surface area (Å²) in [5.41, 5.74) is 1.03. The fourth-order valence-corrected chi connectivity index (χ4v) is 1.51. The summed E-state index contributed by atoms with van der Waals surface area (Å²) in [5.74, 6) is -0.422. The molecule has 2 amide bonds. The van der Waals surface area contributed by atoms with Gasteiger partial charge >= 0.3 is 0 Å². The average Bonchev–Trinajstić information content (AvgIpc) is 2.25. The molecule has 4 nitrogen and oxygen atoms in total. The molecule has 77 valence electrons. The molecule has 1 aliphatic heterocycles. The third kappa shape index (κ3) is 2.34. The normalized spacial score (nSPS) is 20.7. The lowest BCUT2D eigenvalue weighted by Gasteiger charge is -2.22. The van der Waals surface area contributed by atoms with Crippen molar-refractivity contribution in [3.63, 3.8) is 0 Å². The van der Waals surface area contributed by atoms with Crippen molar-refractivity contribution < 1.29 is 9.59 Å². The third-order valence-electron chi connectivity index (χ3n) is 2.26. The van der Waals surface area contributed by atoms with Gasteiger partial charge in [-0.2, -0.15) is 0 Å². The SMILES string of the molecule is O=C1[CH]NC(=O)C(Cc2ccccc2)N1. The zero-order valence-corrected chi connectivity index (χ0v) is 8.07. The molecule has 1 unspecified atom stereocenters. The minimum atomic E-state index is -0.468. The number of carbonyl (C=O) groups is 2. The lowest BCUT2D eigenvalue weighted by Crippen LogP contribution is -2.54. The highest BCUT2D eigenvalue weighted by atomic mass is 16.2. The smallest absolute Gasteiger partial charge is 0.245 e. The molecule has 1 heterocycles. The zero-order valence-electron chi connectivity index (χ0n) is 8.07. The fourth-order valence-electron chi connectivity index (χ4n) is 1.51. The van der Waals surface area contributed by atoms with Crippen molar-refractivity contribution in [2.24, 2.45) is 0 Å². The van der Waals surface area contributed by atoms with E-state index in [1.165, 1.54) is 0 Å². The number of piperazine rings is 1. The number of amides is 2. The maximum absolute atomic E-state index is 11.4. The summed E-state index contributed by atoms with van der Waals surface area (Å²) in [5, 5.41) is 5.03. The molecule has 1 atom stereocenters. The molecule has 1 aromatic rings.